The van der Waals surface area contributed by atoms with E-state index in [0.29, 0.717) is 24.0 Å². The Labute approximate surface area is 129 Å². The Hall–Kier alpha value is -1.40. The number of thiocarbonyl (C=S) groups is 1. The fourth-order valence-corrected chi connectivity index (χ4v) is 3.58. The maximum absolute atomic E-state index is 14.1. The first-order chi connectivity index (χ1) is 9.99. The molecule has 4 nitrogen and oxygen atoms in total. The van der Waals surface area contributed by atoms with Gasteiger partial charge in [-0.1, -0.05) is 19.1 Å². The molecule has 2 heterocycles. The Morgan fingerprint density at radius 3 is 3.00 bits per heavy atom. The predicted octanol–water partition coefficient (Wildman–Crippen LogP) is 2.45. The quantitative estimate of drug-likeness (QED) is 0.867. The molecule has 114 valence electrons. The van der Waals surface area contributed by atoms with Gasteiger partial charge in [0.1, 0.15) is 0 Å². The monoisotopic (exact) mass is 310 g/mol. The van der Waals surface area contributed by atoms with Crippen LogP contribution < -0.4 is 10.1 Å². The van der Waals surface area contributed by atoms with Crippen LogP contribution in [0.25, 0.3) is 0 Å². The summed E-state index contributed by atoms with van der Waals surface area (Å²) in [5.74, 6) is 0.104. The van der Waals surface area contributed by atoms with E-state index < -0.39 is 5.72 Å². The molecule has 3 rings (SSSR count). The van der Waals surface area contributed by atoms with E-state index in [9.17, 15) is 4.39 Å². The van der Waals surface area contributed by atoms with Crippen LogP contribution in [-0.2, 0) is 4.74 Å². The van der Waals surface area contributed by atoms with Gasteiger partial charge in [-0.05, 0) is 25.2 Å². The molecule has 0 radical (unpaired) electrons. The van der Waals surface area contributed by atoms with Gasteiger partial charge in [0.25, 0.3) is 0 Å². The van der Waals surface area contributed by atoms with Gasteiger partial charge in [-0.2, -0.15) is 0 Å². The first-order valence-electron chi connectivity index (χ1n) is 7.03. The van der Waals surface area contributed by atoms with E-state index >= 15 is 0 Å². The molecule has 1 fully saturated rings. The van der Waals surface area contributed by atoms with Crippen LogP contribution in [0.3, 0.4) is 0 Å². The Balaban J connectivity index is 2.05. The van der Waals surface area contributed by atoms with E-state index in [2.05, 4.69) is 12.2 Å². The number of para-hydroxylation sites is 1. The predicted molar refractivity (Wildman–Crippen MR) is 81.7 cm³/mol. The Kier molecular flexibility index (Phi) is 3.53. The normalized spacial score (nSPS) is 30.5. The lowest BCUT2D eigenvalue weighted by Crippen LogP contribution is -2.69. The maximum Gasteiger partial charge on any atom is 0.187 e. The lowest BCUT2D eigenvalue weighted by atomic mass is 9.81. The zero-order valence-electron chi connectivity index (χ0n) is 12.4. The van der Waals surface area contributed by atoms with Crippen LogP contribution in [0.2, 0.25) is 0 Å². The van der Waals surface area contributed by atoms with Crippen molar-refractivity contribution in [2.45, 2.75) is 25.6 Å². The summed E-state index contributed by atoms with van der Waals surface area (Å²) in [4.78, 5) is 1.95. The van der Waals surface area contributed by atoms with Crippen LogP contribution in [0.4, 0.5) is 4.39 Å². The molecule has 6 heteroatoms. The van der Waals surface area contributed by atoms with Crippen molar-refractivity contribution >= 4 is 17.3 Å². The van der Waals surface area contributed by atoms with Crippen LogP contribution in [-0.4, -0.2) is 36.0 Å². The Morgan fingerprint density at radius 1 is 1.52 bits per heavy atom. The number of halogens is 1. The first-order valence-corrected chi connectivity index (χ1v) is 7.44. The summed E-state index contributed by atoms with van der Waals surface area (Å²) in [5.41, 5.74) is 0.148. The van der Waals surface area contributed by atoms with E-state index in [-0.39, 0.29) is 17.8 Å². The average molecular weight is 310 g/mol. The van der Waals surface area contributed by atoms with E-state index in [4.69, 9.17) is 21.7 Å². The third-order valence-electron chi connectivity index (χ3n) is 4.57. The molecule has 1 N–H and O–H groups in total. The summed E-state index contributed by atoms with van der Waals surface area (Å²) in [7, 11) is 1.64. The summed E-state index contributed by atoms with van der Waals surface area (Å²) < 4.78 is 25.3. The SMILES string of the molecule is COCCN1C(=S)NC2c3cccc(F)c3OC1(C)C2C. The van der Waals surface area contributed by atoms with E-state index in [0.717, 1.165) is 5.56 Å². The molecule has 1 aromatic rings. The standard InChI is InChI=1S/C15H19FN2O2S/c1-9-12-10-5-4-6-11(16)13(10)20-15(9,2)18(7-8-19-3)14(21)17-12/h4-6,9,12H,7-8H2,1-3H3,(H,17,21). The minimum atomic E-state index is -0.680. The second-order valence-corrected chi connectivity index (χ2v) is 6.06. The molecule has 1 saturated heterocycles. The van der Waals surface area contributed by atoms with E-state index in [1.54, 1.807) is 13.2 Å². The van der Waals surface area contributed by atoms with Crippen LogP contribution in [0.1, 0.15) is 25.5 Å². The van der Waals surface area contributed by atoms with Crippen molar-refractivity contribution in [2.24, 2.45) is 5.92 Å². The number of hydrogen-bond donors (Lipinski definition) is 1. The molecule has 2 bridgehead atoms. The van der Waals surface area contributed by atoms with Crippen LogP contribution in [0, 0.1) is 11.7 Å². The third-order valence-corrected chi connectivity index (χ3v) is 4.90. The van der Waals surface area contributed by atoms with Gasteiger partial charge in [-0.25, -0.2) is 4.39 Å². The lowest BCUT2D eigenvalue weighted by molar-refractivity contribution is -0.116. The van der Waals surface area contributed by atoms with Gasteiger partial charge < -0.3 is 19.7 Å². The molecule has 0 aromatic heterocycles. The minimum absolute atomic E-state index is 0.0410. The summed E-state index contributed by atoms with van der Waals surface area (Å²) >= 11 is 5.47. The number of fused-ring (bicyclic) bond motifs is 4. The molecule has 0 saturated carbocycles. The number of nitrogens with one attached hydrogen (secondary N) is 1. The van der Waals surface area contributed by atoms with Gasteiger partial charge in [-0.15, -0.1) is 0 Å². The fourth-order valence-electron chi connectivity index (χ4n) is 3.18. The van der Waals surface area contributed by atoms with Crippen molar-refractivity contribution in [1.82, 2.24) is 10.2 Å². The van der Waals surface area contributed by atoms with Crippen molar-refractivity contribution < 1.29 is 13.9 Å². The Morgan fingerprint density at radius 2 is 2.29 bits per heavy atom. The second kappa shape index (κ2) is 5.10. The van der Waals surface area contributed by atoms with Crippen molar-refractivity contribution in [3.8, 4) is 5.75 Å². The molecule has 21 heavy (non-hydrogen) atoms. The highest BCUT2D eigenvalue weighted by atomic mass is 32.1. The van der Waals surface area contributed by atoms with Crippen molar-refractivity contribution in [3.05, 3.63) is 29.6 Å². The number of benzene rings is 1. The number of nitrogens with zero attached hydrogens (tertiary/aromatic N) is 1. The van der Waals surface area contributed by atoms with Gasteiger partial charge in [-0.3, -0.25) is 0 Å². The van der Waals surface area contributed by atoms with E-state index in [1.165, 1.54) is 6.07 Å². The van der Waals surface area contributed by atoms with Crippen molar-refractivity contribution in [1.29, 1.82) is 0 Å². The Bertz CT molecular complexity index is 583. The highest BCUT2D eigenvalue weighted by Gasteiger charge is 2.53. The lowest BCUT2D eigenvalue weighted by Gasteiger charge is -2.56. The molecule has 0 spiro atoms. The summed E-state index contributed by atoms with van der Waals surface area (Å²) in [6, 6.07) is 4.97. The van der Waals surface area contributed by atoms with Gasteiger partial charge in [0.05, 0.1) is 12.6 Å². The van der Waals surface area contributed by atoms with Gasteiger partial charge in [0.15, 0.2) is 22.4 Å². The van der Waals surface area contributed by atoms with Crippen LogP contribution in [0.15, 0.2) is 18.2 Å². The smallest absolute Gasteiger partial charge is 0.187 e. The molecule has 3 atom stereocenters. The van der Waals surface area contributed by atoms with Gasteiger partial charge in [0, 0.05) is 25.1 Å². The summed E-state index contributed by atoms with van der Waals surface area (Å²) in [6.45, 7) is 5.18. The summed E-state index contributed by atoms with van der Waals surface area (Å²) in [6.07, 6.45) is 0. The maximum atomic E-state index is 14.1. The van der Waals surface area contributed by atoms with Gasteiger partial charge in [0.2, 0.25) is 0 Å². The van der Waals surface area contributed by atoms with Crippen molar-refractivity contribution in [2.75, 3.05) is 20.3 Å². The van der Waals surface area contributed by atoms with E-state index in [1.807, 2.05) is 17.9 Å². The molecular weight excluding hydrogens is 291 g/mol. The fraction of sp³-hybridized carbons (Fsp3) is 0.533. The topological polar surface area (TPSA) is 33.7 Å². The second-order valence-electron chi connectivity index (χ2n) is 5.68. The highest BCUT2D eigenvalue weighted by Crippen LogP contribution is 2.48. The van der Waals surface area contributed by atoms with Gasteiger partial charge >= 0.3 is 0 Å². The number of methoxy groups -OCH3 is 1. The molecule has 1 aromatic carbocycles. The third kappa shape index (κ3) is 2.08. The highest BCUT2D eigenvalue weighted by molar-refractivity contribution is 7.80. The molecule has 3 unspecified atom stereocenters. The zero-order valence-corrected chi connectivity index (χ0v) is 13.2. The number of hydrogen-bond acceptors (Lipinski definition) is 3. The zero-order chi connectivity index (χ0) is 15.2. The molecular formula is C15H19FN2O2S. The number of ether oxygens (including phenoxy) is 2. The number of rotatable bonds is 3. The first kappa shape index (κ1) is 14.5. The average Bonchev–Trinajstić information content (AvgIpc) is 2.44. The van der Waals surface area contributed by atoms with Crippen LogP contribution in [0.5, 0.6) is 5.75 Å². The minimum Gasteiger partial charge on any atom is -0.464 e. The van der Waals surface area contributed by atoms with Crippen molar-refractivity contribution in [3.63, 3.8) is 0 Å². The molecule has 2 aliphatic rings. The van der Waals surface area contributed by atoms with Crippen LogP contribution >= 0.6 is 12.2 Å². The molecule has 0 aliphatic carbocycles. The molecule has 0 amide bonds. The summed E-state index contributed by atoms with van der Waals surface area (Å²) in [5, 5.41) is 3.94. The largest absolute Gasteiger partial charge is 0.464 e. The molecule has 2 aliphatic heterocycles.